The van der Waals surface area contributed by atoms with Gasteiger partial charge >= 0.3 is 0 Å². The lowest BCUT2D eigenvalue weighted by molar-refractivity contribution is 0.316. The summed E-state index contributed by atoms with van der Waals surface area (Å²) in [5, 5.41) is 12.7. The van der Waals surface area contributed by atoms with E-state index in [0.717, 1.165) is 37.8 Å². The molecule has 106 valence electrons. The molecular formula is C19H19NO. The Morgan fingerprint density at radius 2 is 1.57 bits per heavy atom. The van der Waals surface area contributed by atoms with Crippen molar-refractivity contribution in [3.63, 3.8) is 0 Å². The lowest BCUT2D eigenvalue weighted by Crippen LogP contribution is -2.26. The first-order valence-electron chi connectivity index (χ1n) is 7.66. The molecule has 0 aromatic heterocycles. The third-order valence-corrected chi connectivity index (χ3v) is 5.19. The van der Waals surface area contributed by atoms with Crippen LogP contribution in [0.3, 0.4) is 0 Å². The third kappa shape index (κ3) is 1.98. The van der Waals surface area contributed by atoms with Crippen molar-refractivity contribution in [2.45, 2.75) is 37.5 Å². The molecule has 0 bridgehead atoms. The molecule has 4 rings (SSSR count). The molecule has 2 aliphatic rings. The molecule has 1 N–H and O–H groups in total. The summed E-state index contributed by atoms with van der Waals surface area (Å²) < 4.78 is 0. The Morgan fingerprint density at radius 1 is 0.857 bits per heavy atom. The van der Waals surface area contributed by atoms with Gasteiger partial charge < -0.3 is 5.21 Å². The smallest absolute Gasteiger partial charge is 0.0580 e. The molecule has 0 radical (unpaired) electrons. The molecular weight excluding hydrogens is 258 g/mol. The van der Waals surface area contributed by atoms with Crippen molar-refractivity contribution >= 4 is 5.71 Å². The Kier molecular flexibility index (Phi) is 2.85. The van der Waals surface area contributed by atoms with E-state index in [1.54, 1.807) is 0 Å². The second-order valence-electron chi connectivity index (χ2n) is 6.40. The lowest BCUT2D eigenvalue weighted by atomic mass is 9.74. The molecule has 2 nitrogen and oxygen atoms in total. The van der Waals surface area contributed by atoms with Crippen molar-refractivity contribution in [2.24, 2.45) is 5.16 Å². The first kappa shape index (κ1) is 12.6. The fraction of sp³-hybridized carbons (Fsp3) is 0.316. The number of nitrogens with zero attached hydrogens (tertiary/aromatic N) is 1. The topological polar surface area (TPSA) is 32.6 Å². The van der Waals surface area contributed by atoms with Crippen molar-refractivity contribution < 1.29 is 5.21 Å². The van der Waals surface area contributed by atoms with E-state index in [1.165, 1.54) is 22.3 Å². The molecule has 1 spiro atoms. The molecule has 1 unspecified atom stereocenters. The summed E-state index contributed by atoms with van der Waals surface area (Å²) >= 11 is 0. The Morgan fingerprint density at radius 3 is 2.33 bits per heavy atom. The Balaban J connectivity index is 1.91. The highest BCUT2D eigenvalue weighted by molar-refractivity contribution is 5.88. The van der Waals surface area contributed by atoms with E-state index in [0.29, 0.717) is 0 Å². The molecule has 2 aromatic rings. The minimum absolute atomic E-state index is 0.116. The van der Waals surface area contributed by atoms with Crippen molar-refractivity contribution in [2.75, 3.05) is 0 Å². The maximum atomic E-state index is 9.18. The van der Waals surface area contributed by atoms with Gasteiger partial charge in [0.15, 0.2) is 0 Å². The van der Waals surface area contributed by atoms with Crippen molar-refractivity contribution in [3.05, 3.63) is 70.8 Å². The highest BCUT2D eigenvalue weighted by atomic mass is 16.4. The predicted molar refractivity (Wildman–Crippen MR) is 84.1 cm³/mol. The van der Waals surface area contributed by atoms with E-state index in [4.69, 9.17) is 0 Å². The molecule has 0 aliphatic heterocycles. The van der Waals surface area contributed by atoms with Crippen LogP contribution in [0, 0.1) is 0 Å². The van der Waals surface area contributed by atoms with Gasteiger partial charge in [-0.1, -0.05) is 53.7 Å². The highest BCUT2D eigenvalue weighted by Crippen LogP contribution is 2.46. The van der Waals surface area contributed by atoms with Crippen LogP contribution >= 0.6 is 0 Å². The Hall–Kier alpha value is -2.09. The average molecular weight is 277 g/mol. The standard InChI is InChI=1S/C19H19NO/c21-20-17-9-10-19(13-17)12-16-7-2-1-5-14(16)11-15-6-3-4-8-18(15)19/h1-8,21H,9-13H2. The van der Waals surface area contributed by atoms with Crippen LogP contribution in [0.4, 0.5) is 0 Å². The third-order valence-electron chi connectivity index (χ3n) is 5.19. The van der Waals surface area contributed by atoms with Gasteiger partial charge in [-0.25, -0.2) is 0 Å². The van der Waals surface area contributed by atoms with E-state index >= 15 is 0 Å². The summed E-state index contributed by atoms with van der Waals surface area (Å²) in [4.78, 5) is 0. The number of fused-ring (bicyclic) bond motifs is 3. The maximum Gasteiger partial charge on any atom is 0.0580 e. The van der Waals surface area contributed by atoms with Gasteiger partial charge in [-0.05, 0) is 54.4 Å². The van der Waals surface area contributed by atoms with Gasteiger partial charge in [-0.15, -0.1) is 0 Å². The average Bonchev–Trinajstić information content (AvgIpc) is 2.87. The molecule has 1 saturated carbocycles. The van der Waals surface area contributed by atoms with Gasteiger partial charge in [0.25, 0.3) is 0 Å². The van der Waals surface area contributed by atoms with Crippen LogP contribution in [0.25, 0.3) is 0 Å². The van der Waals surface area contributed by atoms with Gasteiger partial charge in [-0.3, -0.25) is 0 Å². The highest BCUT2D eigenvalue weighted by Gasteiger charge is 2.42. The molecule has 1 fully saturated rings. The van der Waals surface area contributed by atoms with Gasteiger partial charge in [0.05, 0.1) is 5.71 Å². The SMILES string of the molecule is ON=C1CCC2(C1)Cc1ccccc1Cc1ccccc12. The van der Waals surface area contributed by atoms with Gasteiger partial charge in [-0.2, -0.15) is 0 Å². The number of oxime groups is 1. The summed E-state index contributed by atoms with van der Waals surface area (Å²) in [6.45, 7) is 0. The van der Waals surface area contributed by atoms with Gasteiger partial charge in [0.1, 0.15) is 0 Å². The van der Waals surface area contributed by atoms with Crippen LogP contribution in [0.1, 0.15) is 41.5 Å². The largest absolute Gasteiger partial charge is 0.411 e. The number of hydrogen-bond donors (Lipinski definition) is 1. The monoisotopic (exact) mass is 277 g/mol. The molecule has 21 heavy (non-hydrogen) atoms. The normalized spacial score (nSPS) is 25.6. The first-order chi connectivity index (χ1) is 10.3. The van der Waals surface area contributed by atoms with E-state index in [-0.39, 0.29) is 5.41 Å². The van der Waals surface area contributed by atoms with Crippen LogP contribution in [-0.4, -0.2) is 10.9 Å². The fourth-order valence-corrected chi connectivity index (χ4v) is 4.18. The zero-order valence-corrected chi connectivity index (χ0v) is 12.0. The predicted octanol–water partition coefficient (Wildman–Crippen LogP) is 4.09. The van der Waals surface area contributed by atoms with Crippen molar-refractivity contribution in [1.82, 2.24) is 0 Å². The summed E-state index contributed by atoms with van der Waals surface area (Å²) in [5.41, 5.74) is 6.85. The first-order valence-corrected chi connectivity index (χ1v) is 7.66. The zero-order chi connectivity index (χ0) is 14.3. The lowest BCUT2D eigenvalue weighted by Gasteiger charge is -2.29. The quantitative estimate of drug-likeness (QED) is 0.571. The van der Waals surface area contributed by atoms with Crippen LogP contribution in [0.5, 0.6) is 0 Å². The summed E-state index contributed by atoms with van der Waals surface area (Å²) in [7, 11) is 0. The molecule has 2 aromatic carbocycles. The number of hydrogen-bond acceptors (Lipinski definition) is 2. The molecule has 2 aliphatic carbocycles. The van der Waals surface area contributed by atoms with Crippen molar-refractivity contribution in [3.8, 4) is 0 Å². The van der Waals surface area contributed by atoms with Crippen LogP contribution in [0.2, 0.25) is 0 Å². The number of benzene rings is 2. The summed E-state index contributed by atoms with van der Waals surface area (Å²) in [6.07, 6.45) is 4.94. The van der Waals surface area contributed by atoms with E-state index in [2.05, 4.69) is 53.7 Å². The summed E-state index contributed by atoms with van der Waals surface area (Å²) in [5.74, 6) is 0. The van der Waals surface area contributed by atoms with Crippen LogP contribution in [0.15, 0.2) is 53.7 Å². The molecule has 0 saturated heterocycles. The Bertz CT molecular complexity index is 719. The van der Waals surface area contributed by atoms with E-state index in [1.807, 2.05) is 0 Å². The maximum absolute atomic E-state index is 9.18. The van der Waals surface area contributed by atoms with E-state index in [9.17, 15) is 5.21 Å². The molecule has 0 amide bonds. The van der Waals surface area contributed by atoms with Gasteiger partial charge in [0.2, 0.25) is 0 Å². The Labute approximate surface area is 125 Å². The van der Waals surface area contributed by atoms with Crippen molar-refractivity contribution in [1.29, 1.82) is 0 Å². The van der Waals surface area contributed by atoms with Crippen LogP contribution in [-0.2, 0) is 18.3 Å². The molecule has 0 heterocycles. The second kappa shape index (κ2) is 4.73. The zero-order valence-electron chi connectivity index (χ0n) is 12.0. The fourth-order valence-electron chi connectivity index (χ4n) is 4.18. The minimum atomic E-state index is 0.116. The molecule has 2 heteroatoms. The minimum Gasteiger partial charge on any atom is -0.411 e. The van der Waals surface area contributed by atoms with Gasteiger partial charge in [0, 0.05) is 5.41 Å². The van der Waals surface area contributed by atoms with Crippen LogP contribution < -0.4 is 0 Å². The number of rotatable bonds is 0. The molecule has 1 atom stereocenters. The van der Waals surface area contributed by atoms with E-state index < -0.39 is 0 Å². The summed E-state index contributed by atoms with van der Waals surface area (Å²) in [6, 6.07) is 17.6. The second-order valence-corrected chi connectivity index (χ2v) is 6.40.